The maximum absolute atomic E-state index is 5.96. The molecule has 2 atom stereocenters. The highest BCUT2D eigenvalue weighted by molar-refractivity contribution is 5.10. The minimum atomic E-state index is 0.159. The smallest absolute Gasteiger partial charge is 0.0895 e. The van der Waals surface area contributed by atoms with Crippen molar-refractivity contribution in [3.05, 3.63) is 35.9 Å². The van der Waals surface area contributed by atoms with Gasteiger partial charge in [0.2, 0.25) is 0 Å². The Bertz CT molecular complexity index is 521. The molecule has 0 radical (unpaired) electrons. The number of hydrogen-bond donors (Lipinski definition) is 2. The van der Waals surface area contributed by atoms with E-state index >= 15 is 0 Å². The van der Waals surface area contributed by atoms with Crippen molar-refractivity contribution in [2.75, 3.05) is 13.2 Å². The van der Waals surface area contributed by atoms with E-state index in [-0.39, 0.29) is 6.10 Å². The molecule has 2 N–H and O–H groups in total. The fourth-order valence-electron chi connectivity index (χ4n) is 2.78. The molecule has 20 heavy (non-hydrogen) atoms. The Hall–Kier alpha value is -1.66. The summed E-state index contributed by atoms with van der Waals surface area (Å²) in [5.41, 5.74) is 2.29. The summed E-state index contributed by atoms with van der Waals surface area (Å²) in [7, 11) is 1.94. The van der Waals surface area contributed by atoms with Crippen LogP contribution in [0, 0.1) is 5.92 Å². The Morgan fingerprint density at radius 2 is 2.50 bits per heavy atom. The molecule has 0 bridgehead atoms. The lowest BCUT2D eigenvalue weighted by atomic mass is 9.91. The number of aryl methyl sites for hydroxylation is 1. The normalized spacial score (nSPS) is 23.1. The van der Waals surface area contributed by atoms with E-state index in [1.54, 1.807) is 6.20 Å². The van der Waals surface area contributed by atoms with Crippen molar-refractivity contribution in [2.45, 2.75) is 25.5 Å². The number of nitrogens with zero attached hydrogens (tertiary/aromatic N) is 3. The highest BCUT2D eigenvalue weighted by Crippen LogP contribution is 2.32. The highest BCUT2D eigenvalue weighted by Gasteiger charge is 2.28. The first-order valence-corrected chi connectivity index (χ1v) is 7.12. The average Bonchev–Trinajstić information content (AvgIpc) is 3.11. The van der Waals surface area contributed by atoms with Crippen LogP contribution in [0.5, 0.6) is 0 Å². The maximum Gasteiger partial charge on any atom is 0.0895 e. The number of rotatable bonds is 5. The van der Waals surface area contributed by atoms with Gasteiger partial charge in [0.1, 0.15) is 0 Å². The summed E-state index contributed by atoms with van der Waals surface area (Å²) in [5, 5.41) is 14.7. The zero-order chi connectivity index (χ0) is 13.8. The average molecular weight is 275 g/mol. The van der Waals surface area contributed by atoms with E-state index in [1.165, 1.54) is 12.0 Å². The van der Waals surface area contributed by atoms with Crippen LogP contribution < -0.4 is 5.32 Å². The van der Waals surface area contributed by atoms with Crippen LogP contribution in [0.3, 0.4) is 0 Å². The summed E-state index contributed by atoms with van der Waals surface area (Å²) in [5.74, 6) is 0.496. The summed E-state index contributed by atoms with van der Waals surface area (Å²) in [6, 6.07) is 1.99. The van der Waals surface area contributed by atoms with Crippen LogP contribution in [0.4, 0.5) is 0 Å². The lowest BCUT2D eigenvalue weighted by Gasteiger charge is -2.31. The summed E-state index contributed by atoms with van der Waals surface area (Å²) >= 11 is 0. The van der Waals surface area contributed by atoms with Gasteiger partial charge in [-0.25, -0.2) is 0 Å². The molecule has 0 aliphatic carbocycles. The van der Waals surface area contributed by atoms with Gasteiger partial charge in [-0.05, 0) is 18.9 Å². The second-order valence-corrected chi connectivity index (χ2v) is 5.35. The lowest BCUT2D eigenvalue weighted by Crippen LogP contribution is -2.31. The van der Waals surface area contributed by atoms with Gasteiger partial charge in [-0.1, -0.05) is 0 Å². The van der Waals surface area contributed by atoms with Crippen molar-refractivity contribution in [1.82, 2.24) is 25.3 Å². The van der Waals surface area contributed by atoms with Gasteiger partial charge >= 0.3 is 0 Å². The Labute approximate surface area is 118 Å². The second-order valence-electron chi connectivity index (χ2n) is 5.35. The van der Waals surface area contributed by atoms with E-state index < -0.39 is 0 Å². The standard InChI is InChI=1S/C14H21N5O/c1-19-10-12(8-17-19)14-11(3-2-6-20-14)7-15-9-13-4-5-16-18-13/h4-5,8,10-11,14-15H,2-3,6-7,9H2,1H3,(H,16,18)/t11-,14+/m0/s1. The number of aromatic amines is 1. The van der Waals surface area contributed by atoms with Crippen LogP contribution in [0.25, 0.3) is 0 Å². The molecule has 6 nitrogen and oxygen atoms in total. The van der Waals surface area contributed by atoms with Crippen molar-refractivity contribution < 1.29 is 4.74 Å². The van der Waals surface area contributed by atoms with Crippen molar-refractivity contribution in [2.24, 2.45) is 13.0 Å². The van der Waals surface area contributed by atoms with E-state index in [2.05, 4.69) is 26.8 Å². The highest BCUT2D eigenvalue weighted by atomic mass is 16.5. The quantitative estimate of drug-likeness (QED) is 0.865. The van der Waals surface area contributed by atoms with E-state index in [9.17, 15) is 0 Å². The fraction of sp³-hybridized carbons (Fsp3) is 0.571. The van der Waals surface area contributed by atoms with E-state index in [0.29, 0.717) is 5.92 Å². The Balaban J connectivity index is 1.58. The minimum absolute atomic E-state index is 0.159. The number of hydrogen-bond acceptors (Lipinski definition) is 4. The number of ether oxygens (including phenoxy) is 1. The molecular formula is C14H21N5O. The fourth-order valence-corrected chi connectivity index (χ4v) is 2.78. The van der Waals surface area contributed by atoms with Crippen LogP contribution in [0.1, 0.15) is 30.2 Å². The van der Waals surface area contributed by atoms with E-state index in [4.69, 9.17) is 4.74 Å². The third kappa shape index (κ3) is 3.08. The molecule has 2 aromatic heterocycles. The minimum Gasteiger partial charge on any atom is -0.373 e. The molecule has 0 amide bonds. The Kier molecular flexibility index (Phi) is 4.13. The summed E-state index contributed by atoms with van der Waals surface area (Å²) in [4.78, 5) is 0. The van der Waals surface area contributed by atoms with Crippen LogP contribution in [0.15, 0.2) is 24.7 Å². The molecule has 1 aliphatic heterocycles. The number of nitrogens with one attached hydrogen (secondary N) is 2. The molecule has 0 aromatic carbocycles. The largest absolute Gasteiger partial charge is 0.373 e. The van der Waals surface area contributed by atoms with Crippen molar-refractivity contribution in [3.63, 3.8) is 0 Å². The monoisotopic (exact) mass is 275 g/mol. The van der Waals surface area contributed by atoms with Gasteiger partial charge in [0.15, 0.2) is 0 Å². The molecule has 108 valence electrons. The van der Waals surface area contributed by atoms with Gasteiger partial charge in [0.05, 0.1) is 12.3 Å². The molecule has 1 aliphatic rings. The Morgan fingerprint density at radius 1 is 1.55 bits per heavy atom. The van der Waals surface area contributed by atoms with Crippen molar-refractivity contribution in [3.8, 4) is 0 Å². The summed E-state index contributed by atoms with van der Waals surface area (Å²) in [6.45, 7) is 2.60. The number of H-pyrrole nitrogens is 1. The van der Waals surface area contributed by atoms with Crippen molar-refractivity contribution in [1.29, 1.82) is 0 Å². The first-order valence-electron chi connectivity index (χ1n) is 7.12. The summed E-state index contributed by atoms with van der Waals surface area (Å²) in [6.07, 6.45) is 8.23. The molecular weight excluding hydrogens is 254 g/mol. The van der Waals surface area contributed by atoms with Gasteiger partial charge < -0.3 is 10.1 Å². The molecule has 1 fully saturated rings. The molecule has 2 aromatic rings. The van der Waals surface area contributed by atoms with E-state index in [1.807, 2.05) is 24.0 Å². The zero-order valence-electron chi connectivity index (χ0n) is 11.7. The van der Waals surface area contributed by atoms with Crippen LogP contribution in [-0.2, 0) is 18.3 Å². The molecule has 1 saturated heterocycles. The van der Waals surface area contributed by atoms with Gasteiger partial charge in [0, 0.05) is 56.3 Å². The third-order valence-corrected chi connectivity index (χ3v) is 3.78. The zero-order valence-corrected chi connectivity index (χ0v) is 11.7. The third-order valence-electron chi connectivity index (χ3n) is 3.78. The van der Waals surface area contributed by atoms with Crippen LogP contribution in [0.2, 0.25) is 0 Å². The van der Waals surface area contributed by atoms with Gasteiger partial charge in [-0.15, -0.1) is 0 Å². The Morgan fingerprint density at radius 3 is 3.25 bits per heavy atom. The van der Waals surface area contributed by atoms with Crippen LogP contribution >= 0.6 is 0 Å². The molecule has 0 spiro atoms. The first-order chi connectivity index (χ1) is 9.83. The SMILES string of the molecule is Cn1cc([C@@H]2OCCC[C@H]2CNCc2ccn[nH]2)cn1. The number of aromatic nitrogens is 4. The second kappa shape index (κ2) is 6.19. The van der Waals surface area contributed by atoms with Gasteiger partial charge in [-0.2, -0.15) is 10.2 Å². The maximum atomic E-state index is 5.96. The van der Waals surface area contributed by atoms with Gasteiger partial charge in [-0.3, -0.25) is 9.78 Å². The van der Waals surface area contributed by atoms with E-state index in [0.717, 1.165) is 31.8 Å². The predicted molar refractivity (Wildman–Crippen MR) is 74.9 cm³/mol. The molecule has 3 rings (SSSR count). The lowest BCUT2D eigenvalue weighted by molar-refractivity contribution is -0.0279. The molecule has 0 unspecified atom stereocenters. The predicted octanol–water partition coefficient (Wildman–Crippen LogP) is 1.40. The molecule has 0 saturated carbocycles. The van der Waals surface area contributed by atoms with Gasteiger partial charge in [0.25, 0.3) is 0 Å². The summed E-state index contributed by atoms with van der Waals surface area (Å²) < 4.78 is 7.80. The van der Waals surface area contributed by atoms with Crippen molar-refractivity contribution >= 4 is 0 Å². The first kappa shape index (κ1) is 13.3. The van der Waals surface area contributed by atoms with Crippen LogP contribution in [-0.4, -0.2) is 33.1 Å². The molecule has 6 heteroatoms. The molecule has 3 heterocycles. The topological polar surface area (TPSA) is 67.8 Å².